The van der Waals surface area contributed by atoms with Gasteiger partial charge in [0.25, 0.3) is 0 Å². The summed E-state index contributed by atoms with van der Waals surface area (Å²) < 4.78 is 0. The standard InChI is InChI=1S/C28H30Cl2N2O2/c1-28(2,3)31-27(34)25(17-20-7-5-4-6-8-20)32(19-22-11-15-24(30)16-12-22)26(33)18-21-9-13-23(29)14-10-21/h4-16,25H,17-19H2,1-3H3,(H,31,34)/t25-/m0/s1. The van der Waals surface area contributed by atoms with Crippen LogP contribution < -0.4 is 5.32 Å². The summed E-state index contributed by atoms with van der Waals surface area (Å²) in [7, 11) is 0. The van der Waals surface area contributed by atoms with Crippen molar-refractivity contribution in [1.29, 1.82) is 0 Å². The van der Waals surface area contributed by atoms with Crippen molar-refractivity contribution in [1.82, 2.24) is 10.2 Å². The largest absolute Gasteiger partial charge is 0.350 e. The average molecular weight is 497 g/mol. The highest BCUT2D eigenvalue weighted by Gasteiger charge is 2.32. The van der Waals surface area contributed by atoms with E-state index in [4.69, 9.17) is 23.2 Å². The van der Waals surface area contributed by atoms with Gasteiger partial charge in [0.1, 0.15) is 6.04 Å². The van der Waals surface area contributed by atoms with Crippen LogP contribution in [0.4, 0.5) is 0 Å². The molecule has 0 aliphatic carbocycles. The number of benzene rings is 3. The van der Waals surface area contributed by atoms with Gasteiger partial charge in [-0.25, -0.2) is 0 Å². The van der Waals surface area contributed by atoms with Crippen LogP contribution in [0.2, 0.25) is 10.0 Å². The Labute approximate surface area is 211 Å². The molecule has 2 amide bonds. The van der Waals surface area contributed by atoms with E-state index in [0.29, 0.717) is 23.0 Å². The average Bonchev–Trinajstić information content (AvgIpc) is 2.78. The zero-order valence-corrected chi connectivity index (χ0v) is 21.2. The Bertz CT molecular complexity index is 1090. The highest BCUT2D eigenvalue weighted by Crippen LogP contribution is 2.19. The van der Waals surface area contributed by atoms with Crippen molar-refractivity contribution < 1.29 is 9.59 Å². The van der Waals surface area contributed by atoms with E-state index in [1.807, 2.05) is 75.4 Å². The molecular formula is C28H30Cl2N2O2. The molecule has 34 heavy (non-hydrogen) atoms. The van der Waals surface area contributed by atoms with Crippen LogP contribution in [0.3, 0.4) is 0 Å². The highest BCUT2D eigenvalue weighted by atomic mass is 35.5. The van der Waals surface area contributed by atoms with Gasteiger partial charge in [0, 0.05) is 28.5 Å². The fraction of sp³-hybridized carbons (Fsp3) is 0.286. The molecule has 6 heteroatoms. The van der Waals surface area contributed by atoms with Gasteiger partial charge < -0.3 is 10.2 Å². The first-order valence-electron chi connectivity index (χ1n) is 11.2. The zero-order chi connectivity index (χ0) is 24.7. The minimum Gasteiger partial charge on any atom is -0.350 e. The van der Waals surface area contributed by atoms with E-state index in [9.17, 15) is 9.59 Å². The molecule has 0 heterocycles. The van der Waals surface area contributed by atoms with Crippen molar-refractivity contribution in [3.05, 3.63) is 106 Å². The van der Waals surface area contributed by atoms with Crippen LogP contribution >= 0.6 is 23.2 Å². The van der Waals surface area contributed by atoms with Gasteiger partial charge in [0.15, 0.2) is 0 Å². The lowest BCUT2D eigenvalue weighted by atomic mass is 10.00. The SMILES string of the molecule is CC(C)(C)NC(=O)[C@H](Cc1ccccc1)N(Cc1ccc(Cl)cc1)C(=O)Cc1ccc(Cl)cc1. The van der Waals surface area contributed by atoms with Crippen LogP contribution in [-0.2, 0) is 29.0 Å². The number of rotatable bonds is 8. The summed E-state index contributed by atoms with van der Waals surface area (Å²) in [5, 5.41) is 4.30. The van der Waals surface area contributed by atoms with Crippen LogP contribution in [0.1, 0.15) is 37.5 Å². The maximum atomic E-state index is 13.7. The van der Waals surface area contributed by atoms with Crippen molar-refractivity contribution in [2.24, 2.45) is 0 Å². The molecule has 0 spiro atoms. The third kappa shape index (κ3) is 7.89. The maximum absolute atomic E-state index is 13.7. The van der Waals surface area contributed by atoms with Crippen LogP contribution in [-0.4, -0.2) is 28.3 Å². The van der Waals surface area contributed by atoms with Crippen molar-refractivity contribution in [3.8, 4) is 0 Å². The Hall–Kier alpha value is -2.82. The van der Waals surface area contributed by atoms with Crippen molar-refractivity contribution in [3.63, 3.8) is 0 Å². The number of carbonyl (C=O) groups is 2. The van der Waals surface area contributed by atoms with Gasteiger partial charge in [0.2, 0.25) is 11.8 Å². The Kier molecular flexibility index (Phi) is 8.76. The van der Waals surface area contributed by atoms with E-state index < -0.39 is 11.6 Å². The third-order valence-corrected chi connectivity index (χ3v) is 5.81. The molecule has 0 unspecified atom stereocenters. The molecule has 0 aliphatic rings. The summed E-state index contributed by atoms with van der Waals surface area (Å²) in [6, 6.07) is 23.6. The summed E-state index contributed by atoms with van der Waals surface area (Å²) in [5.74, 6) is -0.322. The molecule has 0 radical (unpaired) electrons. The number of nitrogens with zero attached hydrogens (tertiary/aromatic N) is 1. The molecule has 0 bridgehead atoms. The number of nitrogens with one attached hydrogen (secondary N) is 1. The first-order chi connectivity index (χ1) is 16.1. The fourth-order valence-corrected chi connectivity index (χ4v) is 3.92. The number of halogens is 2. The zero-order valence-electron chi connectivity index (χ0n) is 19.7. The molecule has 1 atom stereocenters. The van der Waals surface area contributed by atoms with Gasteiger partial charge in [-0.3, -0.25) is 9.59 Å². The lowest BCUT2D eigenvalue weighted by molar-refractivity contribution is -0.141. The Morgan fingerprint density at radius 1 is 0.794 bits per heavy atom. The molecule has 3 aromatic carbocycles. The van der Waals surface area contributed by atoms with Crippen LogP contribution in [0.15, 0.2) is 78.9 Å². The minimum atomic E-state index is -0.683. The summed E-state index contributed by atoms with van der Waals surface area (Å²) in [5.41, 5.74) is 2.29. The second-order valence-electron chi connectivity index (χ2n) is 9.40. The van der Waals surface area contributed by atoms with E-state index in [1.165, 1.54) is 0 Å². The van der Waals surface area contributed by atoms with Gasteiger partial charge in [0.05, 0.1) is 6.42 Å². The van der Waals surface area contributed by atoms with E-state index >= 15 is 0 Å². The Balaban J connectivity index is 1.97. The normalized spacial score (nSPS) is 12.1. The molecule has 0 saturated heterocycles. The van der Waals surface area contributed by atoms with Gasteiger partial charge in [-0.2, -0.15) is 0 Å². The maximum Gasteiger partial charge on any atom is 0.243 e. The second-order valence-corrected chi connectivity index (χ2v) is 10.3. The lowest BCUT2D eigenvalue weighted by Gasteiger charge is -2.34. The van der Waals surface area contributed by atoms with Crippen LogP contribution in [0.25, 0.3) is 0 Å². The molecule has 178 valence electrons. The van der Waals surface area contributed by atoms with Gasteiger partial charge in [-0.15, -0.1) is 0 Å². The van der Waals surface area contributed by atoms with Gasteiger partial charge in [-0.1, -0.05) is 77.8 Å². The lowest BCUT2D eigenvalue weighted by Crippen LogP contribution is -2.54. The fourth-order valence-electron chi connectivity index (χ4n) is 3.67. The molecule has 0 saturated carbocycles. The second kappa shape index (κ2) is 11.5. The molecule has 0 fully saturated rings. The van der Waals surface area contributed by atoms with Gasteiger partial charge in [-0.05, 0) is 61.7 Å². The molecule has 0 aliphatic heterocycles. The predicted molar refractivity (Wildman–Crippen MR) is 139 cm³/mol. The summed E-state index contributed by atoms with van der Waals surface area (Å²) in [6.07, 6.45) is 0.571. The Morgan fingerprint density at radius 2 is 1.32 bits per heavy atom. The summed E-state index contributed by atoms with van der Waals surface area (Å²) in [6.45, 7) is 6.09. The van der Waals surface area contributed by atoms with E-state index in [2.05, 4.69) is 5.32 Å². The van der Waals surface area contributed by atoms with Crippen LogP contribution in [0.5, 0.6) is 0 Å². The number of hydrogen-bond acceptors (Lipinski definition) is 2. The minimum absolute atomic E-state index is 0.137. The van der Waals surface area contributed by atoms with E-state index in [-0.39, 0.29) is 18.2 Å². The molecule has 3 aromatic rings. The number of carbonyl (C=O) groups excluding carboxylic acids is 2. The summed E-state index contributed by atoms with van der Waals surface area (Å²) in [4.78, 5) is 28.8. The van der Waals surface area contributed by atoms with Crippen molar-refractivity contribution in [2.45, 2.75) is 51.7 Å². The Morgan fingerprint density at radius 3 is 1.85 bits per heavy atom. The molecule has 4 nitrogen and oxygen atoms in total. The molecule has 3 rings (SSSR count). The molecule has 0 aromatic heterocycles. The van der Waals surface area contributed by atoms with Gasteiger partial charge >= 0.3 is 0 Å². The van der Waals surface area contributed by atoms with Crippen LogP contribution in [0, 0.1) is 0 Å². The highest BCUT2D eigenvalue weighted by molar-refractivity contribution is 6.30. The molecule has 1 N–H and O–H groups in total. The predicted octanol–water partition coefficient (Wildman–Crippen LogP) is 6.09. The van der Waals surface area contributed by atoms with E-state index in [1.54, 1.807) is 29.2 Å². The first-order valence-corrected chi connectivity index (χ1v) is 12.0. The first kappa shape index (κ1) is 25.8. The van der Waals surface area contributed by atoms with Crippen molar-refractivity contribution in [2.75, 3.05) is 0 Å². The quantitative estimate of drug-likeness (QED) is 0.410. The number of amides is 2. The third-order valence-electron chi connectivity index (χ3n) is 5.30. The smallest absolute Gasteiger partial charge is 0.243 e. The van der Waals surface area contributed by atoms with E-state index in [0.717, 1.165) is 16.7 Å². The number of hydrogen-bond donors (Lipinski definition) is 1. The molecular weight excluding hydrogens is 467 g/mol. The monoisotopic (exact) mass is 496 g/mol. The topological polar surface area (TPSA) is 49.4 Å². The van der Waals surface area contributed by atoms with Crippen molar-refractivity contribution >= 4 is 35.0 Å². The summed E-state index contributed by atoms with van der Waals surface area (Å²) >= 11 is 12.1.